The highest BCUT2D eigenvalue weighted by molar-refractivity contribution is 8.00. The Kier molecular flexibility index (Phi) is 5.53. The Labute approximate surface area is 133 Å². The van der Waals surface area contributed by atoms with Gasteiger partial charge in [0.1, 0.15) is 0 Å². The zero-order valence-electron chi connectivity index (χ0n) is 11.7. The predicted octanol–water partition coefficient (Wildman–Crippen LogP) is 3.64. The number of nitrogens with two attached hydrogens (primary N) is 1. The molecule has 0 heterocycles. The van der Waals surface area contributed by atoms with Gasteiger partial charge in [0.2, 0.25) is 5.91 Å². The molecule has 5 heteroatoms. The number of amides is 1. The van der Waals surface area contributed by atoms with Gasteiger partial charge in [0, 0.05) is 22.2 Å². The minimum Gasteiger partial charge on any atom is -0.398 e. The standard InChI is InChI=1S/C16H17ClN2OS/c1-11-2-4-12(5-3-11)9-19-16(20)10-21-15-8-13(17)6-7-14(15)18/h2-8H,9-10,18H2,1H3,(H,19,20). The third-order valence-electron chi connectivity index (χ3n) is 2.94. The maximum absolute atomic E-state index is 11.8. The van der Waals surface area contributed by atoms with E-state index in [1.807, 2.05) is 31.2 Å². The number of rotatable bonds is 5. The summed E-state index contributed by atoms with van der Waals surface area (Å²) < 4.78 is 0. The summed E-state index contributed by atoms with van der Waals surface area (Å²) in [6, 6.07) is 13.3. The summed E-state index contributed by atoms with van der Waals surface area (Å²) in [6.07, 6.45) is 0. The van der Waals surface area contributed by atoms with Gasteiger partial charge in [0.05, 0.1) is 5.75 Å². The van der Waals surface area contributed by atoms with Crippen LogP contribution < -0.4 is 11.1 Å². The molecule has 0 unspecified atom stereocenters. The van der Waals surface area contributed by atoms with E-state index in [-0.39, 0.29) is 5.91 Å². The number of nitrogens with one attached hydrogen (secondary N) is 1. The Bertz CT molecular complexity index is 629. The van der Waals surface area contributed by atoms with Crippen LogP contribution in [0.15, 0.2) is 47.4 Å². The van der Waals surface area contributed by atoms with Gasteiger partial charge < -0.3 is 11.1 Å². The van der Waals surface area contributed by atoms with Crippen LogP contribution in [0.3, 0.4) is 0 Å². The third kappa shape index (κ3) is 4.99. The van der Waals surface area contributed by atoms with Gasteiger partial charge in [0.25, 0.3) is 0 Å². The fourth-order valence-electron chi connectivity index (χ4n) is 1.73. The highest BCUT2D eigenvalue weighted by Crippen LogP contribution is 2.27. The van der Waals surface area contributed by atoms with Crippen molar-refractivity contribution >= 4 is 35.0 Å². The lowest BCUT2D eigenvalue weighted by molar-refractivity contribution is -0.118. The SMILES string of the molecule is Cc1ccc(CNC(=O)CSc2cc(Cl)ccc2N)cc1. The van der Waals surface area contributed by atoms with Gasteiger partial charge in [0.15, 0.2) is 0 Å². The van der Waals surface area contributed by atoms with Crippen LogP contribution in [-0.2, 0) is 11.3 Å². The number of thioether (sulfide) groups is 1. The van der Waals surface area contributed by atoms with E-state index in [0.29, 0.717) is 23.0 Å². The van der Waals surface area contributed by atoms with Gasteiger partial charge >= 0.3 is 0 Å². The molecule has 0 spiro atoms. The van der Waals surface area contributed by atoms with Crippen molar-refractivity contribution in [1.29, 1.82) is 0 Å². The van der Waals surface area contributed by atoms with E-state index in [1.54, 1.807) is 18.2 Å². The maximum Gasteiger partial charge on any atom is 0.230 e. The lowest BCUT2D eigenvalue weighted by atomic mass is 10.1. The van der Waals surface area contributed by atoms with E-state index in [9.17, 15) is 4.79 Å². The second kappa shape index (κ2) is 7.38. The first-order valence-electron chi connectivity index (χ1n) is 6.54. The minimum absolute atomic E-state index is 0.0278. The summed E-state index contributed by atoms with van der Waals surface area (Å²) in [6.45, 7) is 2.57. The average molecular weight is 321 g/mol. The molecule has 3 N–H and O–H groups in total. The fraction of sp³-hybridized carbons (Fsp3) is 0.188. The topological polar surface area (TPSA) is 55.1 Å². The quantitative estimate of drug-likeness (QED) is 0.653. The number of carbonyl (C=O) groups excluding carboxylic acids is 1. The second-order valence-electron chi connectivity index (χ2n) is 4.73. The molecular formula is C16H17ClN2OS. The van der Waals surface area contributed by atoms with Gasteiger partial charge in [-0.1, -0.05) is 41.4 Å². The van der Waals surface area contributed by atoms with E-state index in [0.717, 1.165) is 10.5 Å². The lowest BCUT2D eigenvalue weighted by Gasteiger charge is -2.07. The van der Waals surface area contributed by atoms with E-state index >= 15 is 0 Å². The molecule has 2 rings (SSSR count). The summed E-state index contributed by atoms with van der Waals surface area (Å²) in [5.41, 5.74) is 8.77. The lowest BCUT2D eigenvalue weighted by Crippen LogP contribution is -2.24. The van der Waals surface area contributed by atoms with Crippen LogP contribution in [0, 0.1) is 6.92 Å². The number of benzene rings is 2. The molecule has 2 aromatic carbocycles. The number of nitrogen functional groups attached to an aromatic ring is 1. The van der Waals surface area contributed by atoms with Crippen molar-refractivity contribution in [2.24, 2.45) is 0 Å². The molecule has 0 aliphatic carbocycles. The van der Waals surface area contributed by atoms with Crippen molar-refractivity contribution in [2.45, 2.75) is 18.4 Å². The number of aryl methyl sites for hydroxylation is 1. The van der Waals surface area contributed by atoms with Crippen molar-refractivity contribution in [1.82, 2.24) is 5.32 Å². The van der Waals surface area contributed by atoms with Crippen LogP contribution in [0.4, 0.5) is 5.69 Å². The summed E-state index contributed by atoms with van der Waals surface area (Å²) in [7, 11) is 0. The number of hydrogen-bond donors (Lipinski definition) is 2. The number of anilines is 1. The zero-order chi connectivity index (χ0) is 15.2. The molecule has 0 aliphatic heterocycles. The van der Waals surface area contributed by atoms with Crippen molar-refractivity contribution in [3.8, 4) is 0 Å². The van der Waals surface area contributed by atoms with E-state index in [4.69, 9.17) is 17.3 Å². The molecule has 21 heavy (non-hydrogen) atoms. The summed E-state index contributed by atoms with van der Waals surface area (Å²) in [5.74, 6) is 0.288. The van der Waals surface area contributed by atoms with Gasteiger partial charge in [-0.3, -0.25) is 4.79 Å². The second-order valence-corrected chi connectivity index (χ2v) is 6.19. The Morgan fingerprint density at radius 3 is 2.67 bits per heavy atom. The molecule has 0 saturated carbocycles. The zero-order valence-corrected chi connectivity index (χ0v) is 13.3. The molecule has 3 nitrogen and oxygen atoms in total. The Balaban J connectivity index is 1.82. The van der Waals surface area contributed by atoms with Crippen molar-refractivity contribution in [3.63, 3.8) is 0 Å². The molecule has 0 fully saturated rings. The van der Waals surface area contributed by atoms with Crippen LogP contribution >= 0.6 is 23.4 Å². The Morgan fingerprint density at radius 2 is 1.95 bits per heavy atom. The van der Waals surface area contributed by atoms with Crippen molar-refractivity contribution < 1.29 is 4.79 Å². The molecule has 1 amide bonds. The largest absolute Gasteiger partial charge is 0.398 e. The van der Waals surface area contributed by atoms with E-state index in [2.05, 4.69) is 5.32 Å². The van der Waals surface area contributed by atoms with E-state index < -0.39 is 0 Å². The molecule has 0 aromatic heterocycles. The molecule has 0 radical (unpaired) electrons. The van der Waals surface area contributed by atoms with Crippen LogP contribution in [0.5, 0.6) is 0 Å². The first-order valence-corrected chi connectivity index (χ1v) is 7.91. The van der Waals surface area contributed by atoms with Crippen LogP contribution in [0.1, 0.15) is 11.1 Å². The molecule has 0 saturated heterocycles. The van der Waals surface area contributed by atoms with Crippen LogP contribution in [0.2, 0.25) is 5.02 Å². The number of halogens is 1. The van der Waals surface area contributed by atoms with E-state index in [1.165, 1.54) is 17.3 Å². The predicted molar refractivity (Wildman–Crippen MR) is 89.6 cm³/mol. The molecule has 0 atom stereocenters. The first kappa shape index (κ1) is 15.7. The summed E-state index contributed by atoms with van der Waals surface area (Å²) in [4.78, 5) is 12.7. The van der Waals surface area contributed by atoms with Gasteiger partial charge in [-0.2, -0.15) is 0 Å². The highest BCUT2D eigenvalue weighted by Gasteiger charge is 2.06. The van der Waals surface area contributed by atoms with Crippen molar-refractivity contribution in [3.05, 3.63) is 58.6 Å². The van der Waals surface area contributed by atoms with Crippen molar-refractivity contribution in [2.75, 3.05) is 11.5 Å². The van der Waals surface area contributed by atoms with Gasteiger partial charge in [-0.05, 0) is 30.7 Å². The third-order valence-corrected chi connectivity index (χ3v) is 4.25. The molecule has 110 valence electrons. The Hall–Kier alpha value is -1.65. The fourth-order valence-corrected chi connectivity index (χ4v) is 2.80. The molecule has 0 aliphatic rings. The molecule has 0 bridgehead atoms. The summed E-state index contributed by atoms with van der Waals surface area (Å²) in [5, 5.41) is 3.51. The number of hydrogen-bond acceptors (Lipinski definition) is 3. The van der Waals surface area contributed by atoms with Gasteiger partial charge in [-0.25, -0.2) is 0 Å². The minimum atomic E-state index is -0.0278. The average Bonchev–Trinajstić information content (AvgIpc) is 2.47. The maximum atomic E-state index is 11.8. The first-order chi connectivity index (χ1) is 10.0. The smallest absolute Gasteiger partial charge is 0.230 e. The monoisotopic (exact) mass is 320 g/mol. The summed E-state index contributed by atoms with van der Waals surface area (Å²) >= 11 is 7.30. The number of carbonyl (C=O) groups is 1. The van der Waals surface area contributed by atoms with Crippen LogP contribution in [-0.4, -0.2) is 11.7 Å². The van der Waals surface area contributed by atoms with Crippen LogP contribution in [0.25, 0.3) is 0 Å². The highest BCUT2D eigenvalue weighted by atomic mass is 35.5. The Morgan fingerprint density at radius 1 is 1.24 bits per heavy atom. The molecular weight excluding hydrogens is 304 g/mol. The van der Waals surface area contributed by atoms with Gasteiger partial charge in [-0.15, -0.1) is 11.8 Å². The normalized spacial score (nSPS) is 10.4. The molecule has 2 aromatic rings.